The average Bonchev–Trinajstić information content (AvgIpc) is 3.00. The van der Waals surface area contributed by atoms with Crippen LogP contribution in [0.5, 0.6) is 0 Å². The van der Waals surface area contributed by atoms with Gasteiger partial charge in [-0.05, 0) is 52.1 Å². The number of rotatable bonds is 7. The Morgan fingerprint density at radius 2 is 2.19 bits per heavy atom. The molecule has 0 aromatic heterocycles. The Hall–Kier alpha value is -0.610. The topological polar surface area (TPSA) is 55.6 Å². The first-order valence-electron chi connectivity index (χ1n) is 6.01. The Balaban J connectivity index is 2.15. The van der Waals surface area contributed by atoms with Crippen molar-refractivity contribution < 1.29 is 9.53 Å². The maximum Gasteiger partial charge on any atom is 0.325 e. The second-order valence-electron chi connectivity index (χ2n) is 5.22. The van der Waals surface area contributed by atoms with E-state index >= 15 is 0 Å². The van der Waals surface area contributed by atoms with Crippen LogP contribution in [0.2, 0.25) is 0 Å². The van der Waals surface area contributed by atoms with E-state index in [-0.39, 0.29) is 5.97 Å². The molecule has 0 amide bonds. The molecule has 1 atom stereocenters. The fourth-order valence-electron chi connectivity index (χ4n) is 1.88. The maximum absolute atomic E-state index is 11.3. The number of carbonyl (C=O) groups excluding carboxylic acids is 1. The van der Waals surface area contributed by atoms with E-state index in [9.17, 15) is 4.79 Å². The molecule has 1 aliphatic rings. The molecular weight excluding hydrogens is 204 g/mol. The molecular formula is C12H24N2O2. The van der Waals surface area contributed by atoms with Gasteiger partial charge in [-0.25, -0.2) is 0 Å². The van der Waals surface area contributed by atoms with Crippen LogP contribution >= 0.6 is 0 Å². The summed E-state index contributed by atoms with van der Waals surface area (Å²) in [5.41, 5.74) is 5.04. The molecule has 1 aliphatic carbocycles. The minimum absolute atomic E-state index is 0.322. The Morgan fingerprint density at radius 1 is 1.56 bits per heavy atom. The van der Waals surface area contributed by atoms with Crippen molar-refractivity contribution in [1.29, 1.82) is 0 Å². The fourth-order valence-corrected chi connectivity index (χ4v) is 1.88. The molecule has 4 heteroatoms. The van der Waals surface area contributed by atoms with Gasteiger partial charge in [0.2, 0.25) is 0 Å². The Bertz CT molecular complexity index is 237. The third-order valence-electron chi connectivity index (χ3n) is 3.15. The number of nitrogens with two attached hydrogens (primary N) is 1. The van der Waals surface area contributed by atoms with Crippen LogP contribution in [-0.2, 0) is 9.53 Å². The van der Waals surface area contributed by atoms with E-state index in [1.807, 2.05) is 0 Å². The first kappa shape index (κ1) is 13.5. The van der Waals surface area contributed by atoms with E-state index in [0.717, 1.165) is 18.9 Å². The van der Waals surface area contributed by atoms with Gasteiger partial charge in [-0.1, -0.05) is 0 Å². The molecule has 16 heavy (non-hydrogen) atoms. The monoisotopic (exact) mass is 228 g/mol. The van der Waals surface area contributed by atoms with Crippen LogP contribution in [0.4, 0.5) is 0 Å². The normalized spacial score (nSPS) is 19.6. The molecule has 2 N–H and O–H groups in total. The number of hydrogen-bond acceptors (Lipinski definition) is 4. The van der Waals surface area contributed by atoms with Crippen molar-refractivity contribution in [3.8, 4) is 0 Å². The molecule has 0 aliphatic heterocycles. The van der Waals surface area contributed by atoms with Crippen molar-refractivity contribution in [3.63, 3.8) is 0 Å². The smallest absolute Gasteiger partial charge is 0.325 e. The van der Waals surface area contributed by atoms with Crippen molar-refractivity contribution in [3.05, 3.63) is 0 Å². The van der Waals surface area contributed by atoms with Crippen LogP contribution in [0.3, 0.4) is 0 Å². The lowest BCUT2D eigenvalue weighted by atomic mass is 9.97. The molecule has 0 spiro atoms. The van der Waals surface area contributed by atoms with Gasteiger partial charge in [-0.3, -0.25) is 4.79 Å². The van der Waals surface area contributed by atoms with Crippen LogP contribution in [0.25, 0.3) is 0 Å². The highest BCUT2D eigenvalue weighted by Crippen LogP contribution is 2.29. The molecule has 1 saturated carbocycles. The summed E-state index contributed by atoms with van der Waals surface area (Å²) in [5, 5.41) is 0. The van der Waals surface area contributed by atoms with E-state index in [1.165, 1.54) is 26.5 Å². The molecule has 1 fully saturated rings. The highest BCUT2D eigenvalue weighted by atomic mass is 16.5. The molecule has 0 saturated heterocycles. The minimum Gasteiger partial charge on any atom is -0.468 e. The van der Waals surface area contributed by atoms with E-state index < -0.39 is 5.54 Å². The van der Waals surface area contributed by atoms with Crippen LogP contribution in [-0.4, -0.2) is 43.7 Å². The van der Waals surface area contributed by atoms with E-state index in [0.29, 0.717) is 6.42 Å². The van der Waals surface area contributed by atoms with E-state index in [1.54, 1.807) is 6.92 Å². The van der Waals surface area contributed by atoms with E-state index in [4.69, 9.17) is 5.73 Å². The zero-order valence-electron chi connectivity index (χ0n) is 10.7. The highest BCUT2D eigenvalue weighted by molar-refractivity contribution is 5.79. The number of carbonyl (C=O) groups is 1. The van der Waals surface area contributed by atoms with Crippen LogP contribution in [0, 0.1) is 5.92 Å². The minimum atomic E-state index is -0.838. The Morgan fingerprint density at radius 3 is 2.69 bits per heavy atom. The highest BCUT2D eigenvalue weighted by Gasteiger charge is 2.29. The predicted octanol–water partition coefficient (Wildman–Crippen LogP) is 0.999. The van der Waals surface area contributed by atoms with Crippen molar-refractivity contribution in [2.45, 2.75) is 38.1 Å². The summed E-state index contributed by atoms with van der Waals surface area (Å²) in [6.45, 7) is 3.92. The standard InChI is InChI=1S/C12H24N2O2/c1-12(13,11(15)16-3)7-4-8-14(2)9-10-5-6-10/h10H,4-9,13H2,1-3H3. The largest absolute Gasteiger partial charge is 0.468 e. The van der Waals surface area contributed by atoms with Gasteiger partial charge in [0.05, 0.1) is 7.11 Å². The lowest BCUT2D eigenvalue weighted by Crippen LogP contribution is -2.46. The quantitative estimate of drug-likeness (QED) is 0.660. The number of ether oxygens (including phenoxy) is 1. The number of methoxy groups -OCH3 is 1. The van der Waals surface area contributed by atoms with Crippen LogP contribution in [0.15, 0.2) is 0 Å². The summed E-state index contributed by atoms with van der Waals surface area (Å²) in [5.74, 6) is 0.590. The van der Waals surface area contributed by atoms with Gasteiger partial charge in [-0.2, -0.15) is 0 Å². The summed E-state index contributed by atoms with van der Waals surface area (Å²) in [4.78, 5) is 13.7. The first-order valence-corrected chi connectivity index (χ1v) is 6.01. The lowest BCUT2D eigenvalue weighted by molar-refractivity contribution is -0.146. The van der Waals surface area contributed by atoms with Gasteiger partial charge >= 0.3 is 5.97 Å². The second-order valence-corrected chi connectivity index (χ2v) is 5.22. The summed E-state index contributed by atoms with van der Waals surface area (Å²) in [6.07, 6.45) is 4.36. The van der Waals surface area contributed by atoms with Crippen LogP contribution < -0.4 is 5.73 Å². The van der Waals surface area contributed by atoms with Gasteiger partial charge in [0.1, 0.15) is 5.54 Å². The van der Waals surface area contributed by atoms with Gasteiger partial charge in [0, 0.05) is 6.54 Å². The summed E-state index contributed by atoms with van der Waals surface area (Å²) >= 11 is 0. The van der Waals surface area contributed by atoms with Crippen LogP contribution in [0.1, 0.15) is 32.6 Å². The van der Waals surface area contributed by atoms with E-state index in [2.05, 4.69) is 16.7 Å². The van der Waals surface area contributed by atoms with Crippen molar-refractivity contribution in [2.75, 3.05) is 27.2 Å². The molecule has 0 aromatic carbocycles. The molecule has 1 rings (SSSR count). The first-order chi connectivity index (χ1) is 7.45. The van der Waals surface area contributed by atoms with Gasteiger partial charge in [0.15, 0.2) is 0 Å². The maximum atomic E-state index is 11.3. The third-order valence-corrected chi connectivity index (χ3v) is 3.15. The van der Waals surface area contributed by atoms with Crippen molar-refractivity contribution in [1.82, 2.24) is 4.90 Å². The summed E-state index contributed by atoms with van der Waals surface area (Å²) in [7, 11) is 3.51. The zero-order valence-corrected chi connectivity index (χ0v) is 10.7. The number of nitrogens with zero attached hydrogens (tertiary/aromatic N) is 1. The third kappa shape index (κ3) is 4.49. The van der Waals surface area contributed by atoms with Crippen molar-refractivity contribution in [2.24, 2.45) is 11.7 Å². The molecule has 4 nitrogen and oxygen atoms in total. The SMILES string of the molecule is COC(=O)C(C)(N)CCCN(C)CC1CC1. The molecule has 0 aromatic rings. The summed E-state index contributed by atoms with van der Waals surface area (Å²) < 4.78 is 4.67. The number of hydrogen-bond donors (Lipinski definition) is 1. The van der Waals surface area contributed by atoms with Gasteiger partial charge in [-0.15, -0.1) is 0 Å². The lowest BCUT2D eigenvalue weighted by Gasteiger charge is -2.23. The molecule has 0 heterocycles. The van der Waals surface area contributed by atoms with Gasteiger partial charge < -0.3 is 15.4 Å². The molecule has 94 valence electrons. The van der Waals surface area contributed by atoms with Gasteiger partial charge in [0.25, 0.3) is 0 Å². The molecule has 0 radical (unpaired) electrons. The fraction of sp³-hybridized carbons (Fsp3) is 0.917. The Kier molecular flexibility index (Phi) is 4.74. The second kappa shape index (κ2) is 5.64. The zero-order chi connectivity index (χ0) is 12.2. The molecule has 1 unspecified atom stereocenters. The Labute approximate surface area is 98.1 Å². The average molecular weight is 228 g/mol. The summed E-state index contributed by atoms with van der Waals surface area (Å²) in [6, 6.07) is 0. The number of esters is 1. The predicted molar refractivity (Wildman–Crippen MR) is 64.1 cm³/mol. The molecule has 0 bridgehead atoms. The van der Waals surface area contributed by atoms with Crippen molar-refractivity contribution >= 4 is 5.97 Å².